The van der Waals surface area contributed by atoms with Crippen molar-refractivity contribution in [2.24, 2.45) is 4.99 Å². The molecule has 0 aliphatic carbocycles. The number of nitrogens with zero attached hydrogens (tertiary/aromatic N) is 2. The number of urea groups is 1. The van der Waals surface area contributed by atoms with Gasteiger partial charge in [0.15, 0.2) is 0 Å². The molecule has 0 unspecified atom stereocenters. The molecule has 0 spiro atoms. The highest BCUT2D eigenvalue weighted by Gasteiger charge is 2.31. The van der Waals surface area contributed by atoms with Crippen LogP contribution < -0.4 is 15.5 Å². The Morgan fingerprint density at radius 1 is 1.03 bits per heavy atom. The fourth-order valence-corrected chi connectivity index (χ4v) is 3.97. The van der Waals surface area contributed by atoms with Crippen molar-refractivity contribution in [3.63, 3.8) is 0 Å². The summed E-state index contributed by atoms with van der Waals surface area (Å²) in [4.78, 5) is 32.1. The molecule has 0 bridgehead atoms. The summed E-state index contributed by atoms with van der Waals surface area (Å²) < 4.78 is 0.923. The predicted octanol–water partition coefficient (Wildman–Crippen LogP) is 4.72. The number of hydrogen-bond donors (Lipinski definition) is 2. The molecule has 0 aromatic heterocycles. The van der Waals surface area contributed by atoms with E-state index in [4.69, 9.17) is 0 Å². The van der Waals surface area contributed by atoms with Crippen LogP contribution in [-0.2, 0) is 4.79 Å². The predicted molar refractivity (Wildman–Crippen MR) is 127 cm³/mol. The minimum Gasteiger partial charge on any atom is -0.311 e. The molecule has 31 heavy (non-hydrogen) atoms. The van der Waals surface area contributed by atoms with Crippen LogP contribution in [0.4, 0.5) is 16.2 Å². The number of halogens is 1. The maximum absolute atomic E-state index is 13.2. The third-order valence-corrected chi connectivity index (χ3v) is 5.59. The highest BCUT2D eigenvalue weighted by molar-refractivity contribution is 9.10. The van der Waals surface area contributed by atoms with Crippen LogP contribution in [0.2, 0.25) is 0 Å². The van der Waals surface area contributed by atoms with Crippen LogP contribution in [0.3, 0.4) is 0 Å². The molecule has 1 aliphatic rings. The van der Waals surface area contributed by atoms with E-state index in [1.54, 1.807) is 13.1 Å². The largest absolute Gasteiger partial charge is 0.321 e. The van der Waals surface area contributed by atoms with Crippen LogP contribution >= 0.6 is 15.9 Å². The summed E-state index contributed by atoms with van der Waals surface area (Å²) in [6.45, 7) is 1.90. The number of hydrogen-bond acceptors (Lipinski definition) is 3. The topological polar surface area (TPSA) is 73.8 Å². The molecule has 3 aromatic carbocycles. The number of para-hydroxylation sites is 1. The lowest BCUT2D eigenvalue weighted by Gasteiger charge is -2.21. The average molecular weight is 477 g/mol. The Kier molecular flexibility index (Phi) is 5.86. The van der Waals surface area contributed by atoms with Crippen LogP contribution in [-0.4, -0.2) is 30.9 Å². The number of aryl methyl sites for hydroxylation is 1. The second-order valence-electron chi connectivity index (χ2n) is 7.22. The van der Waals surface area contributed by atoms with E-state index in [-0.39, 0.29) is 5.91 Å². The van der Waals surface area contributed by atoms with E-state index in [9.17, 15) is 9.59 Å². The summed E-state index contributed by atoms with van der Waals surface area (Å²) in [7, 11) is 1.69. The Morgan fingerprint density at radius 2 is 1.74 bits per heavy atom. The van der Waals surface area contributed by atoms with Crippen LogP contribution in [0.5, 0.6) is 0 Å². The van der Waals surface area contributed by atoms with Crippen molar-refractivity contribution in [3.05, 3.63) is 94.0 Å². The van der Waals surface area contributed by atoms with E-state index >= 15 is 0 Å². The van der Waals surface area contributed by atoms with E-state index in [2.05, 4.69) is 31.6 Å². The minimum atomic E-state index is -1.07. The van der Waals surface area contributed by atoms with Crippen molar-refractivity contribution in [1.29, 1.82) is 0 Å². The van der Waals surface area contributed by atoms with Crippen molar-refractivity contribution in [3.8, 4) is 0 Å². The number of rotatable bonds is 3. The van der Waals surface area contributed by atoms with Gasteiger partial charge in [-0.15, -0.1) is 0 Å². The number of anilines is 2. The van der Waals surface area contributed by atoms with Gasteiger partial charge < -0.3 is 15.5 Å². The van der Waals surface area contributed by atoms with Crippen LogP contribution in [0.25, 0.3) is 0 Å². The lowest BCUT2D eigenvalue weighted by Crippen LogP contribution is -2.47. The molecule has 1 atom stereocenters. The Balaban J connectivity index is 1.68. The maximum Gasteiger partial charge on any atom is 0.321 e. The molecule has 6 nitrogen and oxygen atoms in total. The van der Waals surface area contributed by atoms with Gasteiger partial charge in [-0.2, -0.15) is 0 Å². The maximum atomic E-state index is 13.2. The third-order valence-electron chi connectivity index (χ3n) is 5.09. The molecule has 3 amide bonds. The van der Waals surface area contributed by atoms with Gasteiger partial charge in [0.1, 0.15) is 0 Å². The minimum absolute atomic E-state index is 0.318. The summed E-state index contributed by atoms with van der Waals surface area (Å²) in [6.07, 6.45) is -1.07. The van der Waals surface area contributed by atoms with Gasteiger partial charge in [-0.3, -0.25) is 4.79 Å². The molecule has 3 aromatic rings. The summed E-state index contributed by atoms with van der Waals surface area (Å²) in [5.74, 6) is -0.318. The van der Waals surface area contributed by atoms with Crippen molar-refractivity contribution in [2.75, 3.05) is 17.3 Å². The van der Waals surface area contributed by atoms with Crippen molar-refractivity contribution in [1.82, 2.24) is 5.32 Å². The van der Waals surface area contributed by atoms with Gasteiger partial charge in [-0.25, -0.2) is 9.79 Å². The van der Waals surface area contributed by atoms with Gasteiger partial charge in [0, 0.05) is 28.3 Å². The lowest BCUT2D eigenvalue weighted by molar-refractivity contribution is -0.119. The number of nitrogens with one attached hydrogen (secondary N) is 2. The summed E-state index contributed by atoms with van der Waals surface area (Å²) in [5, 5.41) is 5.53. The Hall–Kier alpha value is -3.45. The first-order valence-electron chi connectivity index (χ1n) is 9.78. The Morgan fingerprint density at radius 3 is 2.48 bits per heavy atom. The first-order chi connectivity index (χ1) is 14.9. The molecular weight excluding hydrogens is 456 g/mol. The van der Waals surface area contributed by atoms with E-state index in [0.717, 1.165) is 26.9 Å². The van der Waals surface area contributed by atoms with Gasteiger partial charge in [-0.05, 0) is 36.8 Å². The molecular formula is C24H21BrN4O2. The smallest absolute Gasteiger partial charge is 0.311 e. The van der Waals surface area contributed by atoms with Crippen LogP contribution in [0, 0.1) is 6.92 Å². The molecule has 7 heteroatoms. The molecule has 4 rings (SSSR count). The number of benzodiazepines with no additional fused rings is 1. The van der Waals surface area contributed by atoms with Gasteiger partial charge in [0.25, 0.3) is 5.91 Å². The number of fused-ring (bicyclic) bond motifs is 1. The average Bonchev–Trinajstić information content (AvgIpc) is 2.87. The quantitative estimate of drug-likeness (QED) is 0.573. The fourth-order valence-electron chi connectivity index (χ4n) is 3.49. The second kappa shape index (κ2) is 8.73. The van der Waals surface area contributed by atoms with E-state index < -0.39 is 12.2 Å². The highest BCUT2D eigenvalue weighted by Crippen LogP contribution is 2.27. The number of carbonyl (C=O) groups is 2. The summed E-state index contributed by atoms with van der Waals surface area (Å²) in [6, 6.07) is 22.3. The van der Waals surface area contributed by atoms with Crippen molar-refractivity contribution in [2.45, 2.75) is 13.1 Å². The standard InChI is InChI=1S/C24H21BrN4O2/c1-15-14-17(25)12-13-19(15)26-24(31)28-22-23(30)29(2)20-11-7-6-10-18(20)21(27-22)16-8-4-3-5-9-16/h3-14,22H,1-2H3,(H2,26,28,31)/t22-/m0/s1. The van der Waals surface area contributed by atoms with Gasteiger partial charge in [0.05, 0.1) is 11.4 Å². The molecule has 1 aliphatic heterocycles. The monoisotopic (exact) mass is 476 g/mol. The lowest BCUT2D eigenvalue weighted by atomic mass is 10.0. The Labute approximate surface area is 189 Å². The van der Waals surface area contributed by atoms with Crippen molar-refractivity contribution >= 4 is 45.0 Å². The van der Waals surface area contributed by atoms with Gasteiger partial charge in [-0.1, -0.05) is 64.5 Å². The van der Waals surface area contributed by atoms with Crippen LogP contribution in [0.15, 0.2) is 82.3 Å². The first-order valence-corrected chi connectivity index (χ1v) is 10.6. The van der Waals surface area contributed by atoms with E-state index in [1.165, 1.54) is 4.90 Å². The second-order valence-corrected chi connectivity index (χ2v) is 8.13. The zero-order valence-corrected chi connectivity index (χ0v) is 18.7. The fraction of sp³-hybridized carbons (Fsp3) is 0.125. The third kappa shape index (κ3) is 4.36. The van der Waals surface area contributed by atoms with Crippen LogP contribution in [0.1, 0.15) is 16.7 Å². The zero-order chi connectivity index (χ0) is 22.0. The highest BCUT2D eigenvalue weighted by atomic mass is 79.9. The molecule has 0 saturated heterocycles. The normalized spacial score (nSPS) is 15.6. The molecule has 1 heterocycles. The number of benzene rings is 3. The summed E-state index contributed by atoms with van der Waals surface area (Å²) >= 11 is 3.41. The van der Waals surface area contributed by atoms with Gasteiger partial charge >= 0.3 is 6.03 Å². The molecule has 0 saturated carbocycles. The first kappa shape index (κ1) is 20.8. The van der Waals surface area contributed by atoms with E-state index in [0.29, 0.717) is 11.4 Å². The number of aliphatic imine (C=N–C) groups is 1. The molecule has 156 valence electrons. The van der Waals surface area contributed by atoms with E-state index in [1.807, 2.05) is 73.7 Å². The molecule has 0 fully saturated rings. The number of likely N-dealkylation sites (N-methyl/N-ethyl adjacent to an activating group) is 1. The number of carbonyl (C=O) groups excluding carboxylic acids is 2. The molecule has 2 N–H and O–H groups in total. The summed E-state index contributed by atoms with van der Waals surface area (Å²) in [5.41, 5.74) is 4.65. The Bertz CT molecular complexity index is 1180. The molecule has 0 radical (unpaired) electrons. The SMILES string of the molecule is Cc1cc(Br)ccc1NC(=O)N[C@@H]1N=C(c2ccccc2)c2ccccc2N(C)C1=O. The van der Waals surface area contributed by atoms with Crippen molar-refractivity contribution < 1.29 is 9.59 Å². The zero-order valence-electron chi connectivity index (χ0n) is 17.1. The number of amides is 3. The van der Waals surface area contributed by atoms with Gasteiger partial charge in [0.2, 0.25) is 6.17 Å².